The molecule has 2 N–H and O–H groups in total. The van der Waals surface area contributed by atoms with E-state index in [0.29, 0.717) is 17.1 Å². The van der Waals surface area contributed by atoms with Crippen molar-refractivity contribution in [3.8, 4) is 17.3 Å². The average Bonchev–Trinajstić information content (AvgIpc) is 3.03. The van der Waals surface area contributed by atoms with Crippen molar-refractivity contribution < 1.29 is 13.6 Å². The molecule has 1 amide bonds. The van der Waals surface area contributed by atoms with Gasteiger partial charge in [-0.05, 0) is 36.8 Å². The Kier molecular flexibility index (Phi) is 5.22. The number of carbonyl (C=O) groups excluding carboxylic acids is 1. The van der Waals surface area contributed by atoms with Gasteiger partial charge in [0.15, 0.2) is 6.17 Å². The Hall–Kier alpha value is -3.60. The van der Waals surface area contributed by atoms with Crippen LogP contribution in [0.4, 0.5) is 14.6 Å². The molecule has 3 rings (SSSR count). The number of H-pyrrole nitrogens is 1. The van der Waals surface area contributed by atoms with Gasteiger partial charge in [0.25, 0.3) is 5.91 Å². The van der Waals surface area contributed by atoms with E-state index in [1.807, 2.05) is 0 Å². The van der Waals surface area contributed by atoms with Crippen molar-refractivity contribution >= 4 is 11.7 Å². The summed E-state index contributed by atoms with van der Waals surface area (Å²) >= 11 is 0. The predicted octanol–water partition coefficient (Wildman–Crippen LogP) is 3.31. The number of hydrogen-bond donors (Lipinski definition) is 2. The summed E-state index contributed by atoms with van der Waals surface area (Å²) in [6.07, 6.45) is 1.05. The number of pyridine rings is 1. The molecule has 0 saturated heterocycles. The molecule has 136 valence electrons. The van der Waals surface area contributed by atoms with E-state index in [4.69, 9.17) is 5.26 Å². The van der Waals surface area contributed by atoms with Crippen LogP contribution in [0.25, 0.3) is 11.3 Å². The molecule has 0 aliphatic rings. The van der Waals surface area contributed by atoms with Gasteiger partial charge in [0.05, 0.1) is 11.3 Å². The van der Waals surface area contributed by atoms with Gasteiger partial charge < -0.3 is 5.32 Å². The summed E-state index contributed by atoms with van der Waals surface area (Å²) < 4.78 is 27.9. The van der Waals surface area contributed by atoms with E-state index < -0.39 is 17.9 Å². The minimum Gasteiger partial charge on any atom is -0.308 e. The molecule has 0 saturated carbocycles. The van der Waals surface area contributed by atoms with Crippen LogP contribution in [-0.2, 0) is 11.2 Å². The minimum atomic E-state index is -1.88. The first-order valence-electron chi connectivity index (χ1n) is 8.08. The highest BCUT2D eigenvalue weighted by atomic mass is 19.1. The highest BCUT2D eigenvalue weighted by Crippen LogP contribution is 2.25. The number of halogens is 2. The third kappa shape index (κ3) is 3.98. The average molecular weight is 367 g/mol. The van der Waals surface area contributed by atoms with Gasteiger partial charge in [-0.15, -0.1) is 0 Å². The number of nitrogens with zero attached hydrogens (tertiary/aromatic N) is 3. The first-order chi connectivity index (χ1) is 13.0. The van der Waals surface area contributed by atoms with Gasteiger partial charge in [-0.1, -0.05) is 6.07 Å². The second-order valence-electron chi connectivity index (χ2n) is 5.90. The molecule has 0 spiro atoms. The second-order valence-corrected chi connectivity index (χ2v) is 5.90. The van der Waals surface area contributed by atoms with Crippen molar-refractivity contribution in [3.05, 3.63) is 65.2 Å². The zero-order valence-electron chi connectivity index (χ0n) is 14.3. The van der Waals surface area contributed by atoms with E-state index >= 15 is 0 Å². The second kappa shape index (κ2) is 7.74. The van der Waals surface area contributed by atoms with Crippen LogP contribution in [0.1, 0.15) is 16.7 Å². The Morgan fingerprint density at radius 1 is 1.33 bits per heavy atom. The molecule has 1 aromatic carbocycles. The number of nitriles is 1. The molecule has 0 unspecified atom stereocenters. The number of alkyl halides is 1. The number of anilines is 1. The first-order valence-corrected chi connectivity index (χ1v) is 8.08. The van der Waals surface area contributed by atoms with Crippen molar-refractivity contribution in [1.29, 1.82) is 5.26 Å². The van der Waals surface area contributed by atoms with Crippen LogP contribution in [0.5, 0.6) is 0 Å². The maximum atomic E-state index is 14.3. The lowest BCUT2D eigenvalue weighted by atomic mass is 10.1. The first kappa shape index (κ1) is 18.2. The topological polar surface area (TPSA) is 94.5 Å². The van der Waals surface area contributed by atoms with Gasteiger partial charge >= 0.3 is 0 Å². The fourth-order valence-electron chi connectivity index (χ4n) is 2.59. The van der Waals surface area contributed by atoms with Crippen molar-refractivity contribution in [2.75, 3.05) is 5.32 Å². The summed E-state index contributed by atoms with van der Waals surface area (Å²) in [7, 11) is 0. The lowest BCUT2D eigenvalue weighted by molar-refractivity contribution is -0.120. The third-order valence-corrected chi connectivity index (χ3v) is 4.07. The van der Waals surface area contributed by atoms with E-state index in [9.17, 15) is 13.6 Å². The van der Waals surface area contributed by atoms with Gasteiger partial charge in [0.2, 0.25) is 0 Å². The van der Waals surface area contributed by atoms with Crippen molar-refractivity contribution in [3.63, 3.8) is 0 Å². The van der Waals surface area contributed by atoms with Gasteiger partial charge in [-0.2, -0.15) is 10.4 Å². The number of aromatic amines is 1. The smallest absolute Gasteiger partial charge is 0.260 e. The summed E-state index contributed by atoms with van der Waals surface area (Å²) in [6.45, 7) is 1.75. The van der Waals surface area contributed by atoms with Gasteiger partial charge in [-0.25, -0.2) is 8.78 Å². The molecule has 1 atom stereocenters. The largest absolute Gasteiger partial charge is 0.308 e. The standard InChI is InChI=1S/C19H15F2N5O/c1-11-17(13-4-6-23-7-5-13)25-26-18(11)24-19(27)16(21)9-12-2-3-14(10-22)15(20)8-12/h2-8,16H,9H2,1H3,(H2,24,25,26,27)/t16-/m1/s1. The fourth-order valence-corrected chi connectivity index (χ4v) is 2.59. The van der Waals surface area contributed by atoms with Crippen molar-refractivity contribution in [2.24, 2.45) is 0 Å². The van der Waals surface area contributed by atoms with Crippen LogP contribution in [-0.4, -0.2) is 27.3 Å². The molecular weight excluding hydrogens is 352 g/mol. The third-order valence-electron chi connectivity index (χ3n) is 4.07. The highest BCUT2D eigenvalue weighted by Gasteiger charge is 2.21. The van der Waals surface area contributed by atoms with Crippen LogP contribution < -0.4 is 5.32 Å². The monoisotopic (exact) mass is 367 g/mol. The van der Waals surface area contributed by atoms with Gasteiger partial charge in [0, 0.05) is 29.9 Å². The molecule has 0 radical (unpaired) electrons. The van der Waals surface area contributed by atoms with E-state index in [1.54, 1.807) is 37.5 Å². The Balaban J connectivity index is 1.69. The van der Waals surface area contributed by atoms with Gasteiger partial charge in [-0.3, -0.25) is 14.9 Å². The minimum absolute atomic E-state index is 0.129. The van der Waals surface area contributed by atoms with Crippen molar-refractivity contribution in [2.45, 2.75) is 19.5 Å². The Labute approximate surface area is 153 Å². The summed E-state index contributed by atoms with van der Waals surface area (Å²) in [5.41, 5.74) is 2.25. The molecule has 2 heterocycles. The Morgan fingerprint density at radius 3 is 2.74 bits per heavy atom. The van der Waals surface area contributed by atoms with Crippen LogP contribution in [0.15, 0.2) is 42.7 Å². The molecule has 0 bridgehead atoms. The molecule has 27 heavy (non-hydrogen) atoms. The maximum absolute atomic E-state index is 14.3. The van der Waals surface area contributed by atoms with Crippen LogP contribution >= 0.6 is 0 Å². The lowest BCUT2D eigenvalue weighted by Crippen LogP contribution is -2.26. The molecule has 3 aromatic rings. The number of rotatable bonds is 5. The molecule has 0 fully saturated rings. The molecule has 0 aliphatic carbocycles. The zero-order chi connectivity index (χ0) is 19.4. The van der Waals surface area contributed by atoms with Crippen LogP contribution in [0, 0.1) is 24.1 Å². The lowest BCUT2D eigenvalue weighted by Gasteiger charge is -2.09. The summed E-state index contributed by atoms with van der Waals surface area (Å²) in [5.74, 6) is -1.32. The maximum Gasteiger partial charge on any atom is 0.260 e. The Bertz CT molecular complexity index is 1010. The van der Waals surface area contributed by atoms with Gasteiger partial charge in [0.1, 0.15) is 17.7 Å². The SMILES string of the molecule is Cc1c(-c2ccncc2)n[nH]c1NC(=O)[C@H](F)Cc1ccc(C#N)c(F)c1. The molecule has 0 aliphatic heterocycles. The summed E-state index contributed by atoms with van der Waals surface area (Å²) in [4.78, 5) is 16.1. The molecule has 8 heteroatoms. The predicted molar refractivity (Wildman–Crippen MR) is 94.9 cm³/mol. The normalized spacial score (nSPS) is 11.6. The number of nitrogens with one attached hydrogen (secondary N) is 2. The fraction of sp³-hybridized carbons (Fsp3) is 0.158. The molecular formula is C19H15F2N5O. The summed E-state index contributed by atoms with van der Waals surface area (Å²) in [5, 5.41) is 18.0. The highest BCUT2D eigenvalue weighted by molar-refractivity contribution is 5.94. The molecule has 2 aromatic heterocycles. The van der Waals surface area contributed by atoms with E-state index in [-0.39, 0.29) is 17.5 Å². The van der Waals surface area contributed by atoms with E-state index in [1.165, 1.54) is 12.1 Å². The summed E-state index contributed by atoms with van der Waals surface area (Å²) in [6, 6.07) is 8.97. The quantitative estimate of drug-likeness (QED) is 0.723. The zero-order valence-corrected chi connectivity index (χ0v) is 14.3. The number of carbonyl (C=O) groups is 1. The van der Waals surface area contributed by atoms with E-state index in [2.05, 4.69) is 20.5 Å². The number of benzene rings is 1. The molecule has 6 nitrogen and oxygen atoms in total. The van der Waals surface area contributed by atoms with E-state index in [0.717, 1.165) is 11.6 Å². The number of amides is 1. The number of aromatic nitrogens is 3. The Morgan fingerprint density at radius 2 is 2.07 bits per heavy atom. The van der Waals surface area contributed by atoms with Crippen LogP contribution in [0.2, 0.25) is 0 Å². The number of hydrogen-bond acceptors (Lipinski definition) is 4. The van der Waals surface area contributed by atoms with Crippen LogP contribution in [0.3, 0.4) is 0 Å². The van der Waals surface area contributed by atoms with Crippen molar-refractivity contribution in [1.82, 2.24) is 15.2 Å².